The Kier molecular flexibility index (Phi) is 4.97. The molecule has 0 radical (unpaired) electrons. The first-order valence-electron chi connectivity index (χ1n) is 5.34. The highest BCUT2D eigenvalue weighted by Crippen LogP contribution is 2.20. The molecule has 0 aliphatic rings. The van der Waals surface area contributed by atoms with Crippen molar-refractivity contribution >= 4 is 23.4 Å². The van der Waals surface area contributed by atoms with Crippen LogP contribution in [0.25, 0.3) is 0 Å². The van der Waals surface area contributed by atoms with Gasteiger partial charge < -0.3 is 10.0 Å². The Bertz CT molecular complexity index is 421. The van der Waals surface area contributed by atoms with E-state index in [-0.39, 0.29) is 10.6 Å². The van der Waals surface area contributed by atoms with Crippen LogP contribution in [0, 0.1) is 0 Å². The summed E-state index contributed by atoms with van der Waals surface area (Å²) in [5.74, 6) is -0.442. The Morgan fingerprint density at radius 3 is 2.94 bits per heavy atom. The maximum atomic E-state index is 11.0. The number of carboxylic acids is 1. The number of aromatic carboxylic acids is 1. The summed E-state index contributed by atoms with van der Waals surface area (Å²) < 4.78 is 0. The Balaban J connectivity index is 3.07. The van der Waals surface area contributed by atoms with Crippen LogP contribution in [0.3, 0.4) is 0 Å². The minimum atomic E-state index is -1.05. The van der Waals surface area contributed by atoms with E-state index in [1.54, 1.807) is 6.08 Å². The number of hydrogen-bond donors (Lipinski definition) is 1. The lowest BCUT2D eigenvalue weighted by Crippen LogP contribution is -2.25. The van der Waals surface area contributed by atoms with Crippen molar-refractivity contribution in [2.75, 3.05) is 18.0 Å². The molecule has 0 fully saturated rings. The third kappa shape index (κ3) is 3.46. The fourth-order valence-corrected chi connectivity index (χ4v) is 1.67. The van der Waals surface area contributed by atoms with Gasteiger partial charge in [0.1, 0.15) is 5.82 Å². The molecular weight excluding hydrogens is 240 g/mol. The quantitative estimate of drug-likeness (QED) is 0.793. The molecule has 92 valence electrons. The first-order valence-corrected chi connectivity index (χ1v) is 5.72. The van der Waals surface area contributed by atoms with Gasteiger partial charge in [-0.05, 0) is 12.5 Å². The van der Waals surface area contributed by atoms with Gasteiger partial charge in [0.15, 0.2) is 0 Å². The normalized spacial score (nSPS) is 10.0. The Morgan fingerprint density at radius 2 is 2.41 bits per heavy atom. The smallest absolute Gasteiger partial charge is 0.337 e. The van der Waals surface area contributed by atoms with Gasteiger partial charge in [-0.25, -0.2) is 9.78 Å². The summed E-state index contributed by atoms with van der Waals surface area (Å²) in [6.07, 6.45) is 4.07. The van der Waals surface area contributed by atoms with Crippen LogP contribution < -0.4 is 4.90 Å². The maximum Gasteiger partial charge on any atom is 0.337 e. The number of pyridine rings is 1. The highest BCUT2D eigenvalue weighted by molar-refractivity contribution is 6.33. The van der Waals surface area contributed by atoms with Crippen LogP contribution in [0.4, 0.5) is 5.82 Å². The molecule has 0 aliphatic carbocycles. The van der Waals surface area contributed by atoms with E-state index in [1.165, 1.54) is 12.3 Å². The number of halogens is 1. The average molecular weight is 255 g/mol. The van der Waals surface area contributed by atoms with Crippen molar-refractivity contribution in [2.45, 2.75) is 13.3 Å². The van der Waals surface area contributed by atoms with Crippen molar-refractivity contribution in [3.63, 3.8) is 0 Å². The molecule has 1 aromatic rings. The van der Waals surface area contributed by atoms with E-state index < -0.39 is 5.97 Å². The number of aromatic nitrogens is 1. The minimum absolute atomic E-state index is 0.0711. The zero-order valence-corrected chi connectivity index (χ0v) is 10.4. The summed E-state index contributed by atoms with van der Waals surface area (Å²) in [5.41, 5.74) is 0.0711. The average Bonchev–Trinajstić information content (AvgIpc) is 2.29. The standard InChI is InChI=1S/C12H15ClN2O2/c1-3-5-15(6-4-2)11-7-9(12(16)17)10(13)8-14-11/h3,7-8H,1,4-6H2,2H3,(H,16,17). The lowest BCUT2D eigenvalue weighted by molar-refractivity contribution is 0.0697. The van der Waals surface area contributed by atoms with Crippen LogP contribution in [0.2, 0.25) is 5.02 Å². The molecule has 1 heterocycles. The highest BCUT2D eigenvalue weighted by atomic mass is 35.5. The van der Waals surface area contributed by atoms with E-state index in [4.69, 9.17) is 16.7 Å². The molecule has 0 aromatic carbocycles. The molecule has 17 heavy (non-hydrogen) atoms. The van der Waals surface area contributed by atoms with Crippen molar-refractivity contribution in [3.05, 3.63) is 35.5 Å². The zero-order chi connectivity index (χ0) is 12.8. The second-order valence-corrected chi connectivity index (χ2v) is 3.97. The van der Waals surface area contributed by atoms with Crippen LogP contribution in [0.15, 0.2) is 24.9 Å². The molecule has 0 unspecified atom stereocenters. The molecule has 5 heteroatoms. The minimum Gasteiger partial charge on any atom is -0.478 e. The van der Waals surface area contributed by atoms with Gasteiger partial charge in [-0.2, -0.15) is 0 Å². The van der Waals surface area contributed by atoms with E-state index in [1.807, 2.05) is 11.8 Å². The first-order chi connectivity index (χ1) is 8.10. The molecule has 0 saturated heterocycles. The van der Waals surface area contributed by atoms with E-state index in [0.717, 1.165) is 13.0 Å². The van der Waals surface area contributed by atoms with Crippen LogP contribution in [-0.2, 0) is 0 Å². The number of carboxylic acid groups (broad SMARTS) is 1. The molecule has 1 aromatic heterocycles. The molecule has 0 aliphatic heterocycles. The molecule has 0 atom stereocenters. The highest BCUT2D eigenvalue weighted by Gasteiger charge is 2.13. The van der Waals surface area contributed by atoms with Gasteiger partial charge in [-0.1, -0.05) is 24.6 Å². The monoisotopic (exact) mass is 254 g/mol. The maximum absolute atomic E-state index is 11.0. The van der Waals surface area contributed by atoms with Crippen LogP contribution in [0.1, 0.15) is 23.7 Å². The van der Waals surface area contributed by atoms with Gasteiger partial charge in [-0.3, -0.25) is 0 Å². The third-order valence-electron chi connectivity index (χ3n) is 2.24. The predicted molar refractivity (Wildman–Crippen MR) is 68.9 cm³/mol. The van der Waals surface area contributed by atoms with Crippen molar-refractivity contribution in [2.24, 2.45) is 0 Å². The summed E-state index contributed by atoms with van der Waals surface area (Å²) in [5, 5.41) is 9.13. The second kappa shape index (κ2) is 6.25. The predicted octanol–water partition coefficient (Wildman–Crippen LogP) is 2.84. The Labute approximate surface area is 106 Å². The fraction of sp³-hybridized carbons (Fsp3) is 0.333. The number of hydrogen-bond acceptors (Lipinski definition) is 3. The van der Waals surface area contributed by atoms with Crippen molar-refractivity contribution < 1.29 is 9.90 Å². The summed E-state index contributed by atoms with van der Waals surface area (Å²) in [7, 11) is 0. The van der Waals surface area contributed by atoms with E-state index in [0.29, 0.717) is 12.4 Å². The van der Waals surface area contributed by atoms with Crippen LogP contribution in [-0.4, -0.2) is 29.1 Å². The molecule has 0 bridgehead atoms. The number of carbonyl (C=O) groups is 1. The molecular formula is C12H15ClN2O2. The van der Waals surface area contributed by atoms with Gasteiger partial charge in [0.05, 0.1) is 10.6 Å². The van der Waals surface area contributed by atoms with Gasteiger partial charge in [-0.15, -0.1) is 6.58 Å². The van der Waals surface area contributed by atoms with Crippen molar-refractivity contribution in [3.8, 4) is 0 Å². The second-order valence-electron chi connectivity index (χ2n) is 3.56. The molecule has 1 N–H and O–H groups in total. The molecule has 4 nitrogen and oxygen atoms in total. The van der Waals surface area contributed by atoms with Crippen molar-refractivity contribution in [1.82, 2.24) is 4.98 Å². The Morgan fingerprint density at radius 1 is 1.71 bits per heavy atom. The SMILES string of the molecule is C=CCN(CCC)c1cc(C(=O)O)c(Cl)cn1. The summed E-state index contributed by atoms with van der Waals surface area (Å²) in [4.78, 5) is 17.1. The summed E-state index contributed by atoms with van der Waals surface area (Å²) in [6, 6.07) is 1.49. The molecule has 0 amide bonds. The number of nitrogens with zero attached hydrogens (tertiary/aromatic N) is 2. The van der Waals surface area contributed by atoms with E-state index in [2.05, 4.69) is 11.6 Å². The molecule has 1 rings (SSSR count). The fourth-order valence-electron chi connectivity index (χ4n) is 1.49. The van der Waals surface area contributed by atoms with Gasteiger partial charge in [0, 0.05) is 19.3 Å². The lowest BCUT2D eigenvalue weighted by Gasteiger charge is -2.21. The number of anilines is 1. The van der Waals surface area contributed by atoms with Gasteiger partial charge in [0.2, 0.25) is 0 Å². The number of rotatable bonds is 6. The molecule has 0 spiro atoms. The zero-order valence-electron chi connectivity index (χ0n) is 9.69. The Hall–Kier alpha value is -1.55. The topological polar surface area (TPSA) is 53.4 Å². The van der Waals surface area contributed by atoms with E-state index >= 15 is 0 Å². The largest absolute Gasteiger partial charge is 0.478 e. The summed E-state index contributed by atoms with van der Waals surface area (Å²) >= 11 is 5.77. The summed E-state index contributed by atoms with van der Waals surface area (Å²) in [6.45, 7) is 7.14. The van der Waals surface area contributed by atoms with E-state index in [9.17, 15) is 4.79 Å². The molecule has 0 saturated carbocycles. The van der Waals surface area contributed by atoms with Gasteiger partial charge >= 0.3 is 5.97 Å². The first kappa shape index (κ1) is 13.5. The lowest BCUT2D eigenvalue weighted by atomic mass is 10.2. The third-order valence-corrected chi connectivity index (χ3v) is 2.54. The van der Waals surface area contributed by atoms with Crippen molar-refractivity contribution in [1.29, 1.82) is 0 Å². The van der Waals surface area contributed by atoms with Gasteiger partial charge in [0.25, 0.3) is 0 Å². The van der Waals surface area contributed by atoms with Crippen LogP contribution in [0.5, 0.6) is 0 Å². The van der Waals surface area contributed by atoms with Crippen LogP contribution >= 0.6 is 11.6 Å².